The molecule has 0 aromatic heterocycles. The molecule has 2 rings (SSSR count). The SMILES string of the molecule is CCCN(C)c1ccc(C(O)(C(N)=O)c2ccccc2)cc1. The van der Waals surface area contributed by atoms with E-state index < -0.39 is 11.5 Å². The van der Waals surface area contributed by atoms with Crippen LogP contribution in [0.15, 0.2) is 54.6 Å². The number of nitrogens with zero attached hydrogens (tertiary/aromatic N) is 1. The van der Waals surface area contributed by atoms with Gasteiger partial charge in [0.15, 0.2) is 5.60 Å². The van der Waals surface area contributed by atoms with Crippen LogP contribution in [-0.2, 0) is 10.4 Å². The molecule has 4 heteroatoms. The van der Waals surface area contributed by atoms with Crippen LogP contribution in [0.25, 0.3) is 0 Å². The summed E-state index contributed by atoms with van der Waals surface area (Å²) in [4.78, 5) is 14.0. The molecule has 1 amide bonds. The Morgan fingerprint density at radius 1 is 1.09 bits per heavy atom. The molecule has 22 heavy (non-hydrogen) atoms. The number of aliphatic hydroxyl groups is 1. The standard InChI is InChI=1S/C18H22N2O2/c1-3-13-20(2)16-11-9-15(10-12-16)18(22,17(19)21)14-7-5-4-6-8-14/h4-12,22H,3,13H2,1-2H3,(H2,19,21). The summed E-state index contributed by atoms with van der Waals surface area (Å²) in [6.45, 7) is 3.06. The van der Waals surface area contributed by atoms with E-state index in [-0.39, 0.29) is 0 Å². The smallest absolute Gasteiger partial charge is 0.258 e. The van der Waals surface area contributed by atoms with Gasteiger partial charge in [-0.2, -0.15) is 0 Å². The average Bonchev–Trinajstić information content (AvgIpc) is 2.55. The highest BCUT2D eigenvalue weighted by Gasteiger charge is 2.37. The highest BCUT2D eigenvalue weighted by Crippen LogP contribution is 2.30. The Labute approximate surface area is 131 Å². The molecule has 0 radical (unpaired) electrons. The van der Waals surface area contributed by atoms with E-state index in [9.17, 15) is 9.90 Å². The highest BCUT2D eigenvalue weighted by molar-refractivity contribution is 5.88. The van der Waals surface area contributed by atoms with Crippen LogP contribution in [0.3, 0.4) is 0 Å². The molecule has 1 unspecified atom stereocenters. The van der Waals surface area contributed by atoms with E-state index in [1.807, 2.05) is 25.2 Å². The second-order valence-corrected chi connectivity index (χ2v) is 5.41. The summed E-state index contributed by atoms with van der Waals surface area (Å²) in [7, 11) is 2.01. The van der Waals surface area contributed by atoms with E-state index in [4.69, 9.17) is 5.73 Å². The lowest BCUT2D eigenvalue weighted by molar-refractivity contribution is -0.133. The number of carbonyl (C=O) groups excluding carboxylic acids is 1. The van der Waals surface area contributed by atoms with Gasteiger partial charge in [-0.15, -0.1) is 0 Å². The van der Waals surface area contributed by atoms with Crippen LogP contribution in [0.1, 0.15) is 24.5 Å². The molecule has 0 fully saturated rings. The van der Waals surface area contributed by atoms with Crippen molar-refractivity contribution in [3.8, 4) is 0 Å². The normalized spacial score (nSPS) is 13.4. The first-order valence-electron chi connectivity index (χ1n) is 7.39. The van der Waals surface area contributed by atoms with Crippen molar-refractivity contribution in [1.29, 1.82) is 0 Å². The molecule has 4 nitrogen and oxygen atoms in total. The maximum Gasteiger partial charge on any atom is 0.258 e. The molecule has 0 aliphatic heterocycles. The molecule has 2 aromatic rings. The molecular weight excluding hydrogens is 276 g/mol. The number of primary amides is 1. The van der Waals surface area contributed by atoms with Gasteiger partial charge in [-0.3, -0.25) is 4.79 Å². The van der Waals surface area contributed by atoms with Gasteiger partial charge in [0.2, 0.25) is 0 Å². The number of hydrogen-bond acceptors (Lipinski definition) is 3. The molecule has 116 valence electrons. The molecule has 0 aliphatic carbocycles. The molecule has 0 bridgehead atoms. The summed E-state index contributed by atoms with van der Waals surface area (Å²) >= 11 is 0. The van der Waals surface area contributed by atoms with Gasteiger partial charge in [-0.25, -0.2) is 0 Å². The number of benzene rings is 2. The number of rotatable bonds is 6. The Hall–Kier alpha value is -2.33. The van der Waals surface area contributed by atoms with Gasteiger partial charge in [0.25, 0.3) is 5.91 Å². The van der Waals surface area contributed by atoms with E-state index in [1.165, 1.54) is 0 Å². The zero-order chi connectivity index (χ0) is 16.2. The quantitative estimate of drug-likeness (QED) is 0.859. The van der Waals surface area contributed by atoms with Gasteiger partial charge >= 0.3 is 0 Å². The van der Waals surface area contributed by atoms with Crippen molar-refractivity contribution in [1.82, 2.24) is 0 Å². The zero-order valence-corrected chi connectivity index (χ0v) is 13.0. The second kappa shape index (κ2) is 6.62. The largest absolute Gasteiger partial charge is 0.375 e. The van der Waals surface area contributed by atoms with Crippen LogP contribution in [0, 0.1) is 0 Å². The molecule has 0 spiro atoms. The lowest BCUT2D eigenvalue weighted by atomic mass is 9.85. The Balaban J connectivity index is 2.40. The minimum atomic E-state index is -1.82. The molecule has 0 saturated carbocycles. The predicted molar refractivity (Wildman–Crippen MR) is 88.6 cm³/mol. The number of anilines is 1. The van der Waals surface area contributed by atoms with Crippen LogP contribution in [0.5, 0.6) is 0 Å². The van der Waals surface area contributed by atoms with E-state index in [2.05, 4.69) is 11.8 Å². The van der Waals surface area contributed by atoms with Crippen LogP contribution < -0.4 is 10.6 Å². The fraction of sp³-hybridized carbons (Fsp3) is 0.278. The van der Waals surface area contributed by atoms with Gasteiger partial charge in [0, 0.05) is 19.3 Å². The predicted octanol–water partition coefficient (Wildman–Crippen LogP) is 2.25. The topological polar surface area (TPSA) is 66.6 Å². The monoisotopic (exact) mass is 298 g/mol. The van der Waals surface area contributed by atoms with Crippen molar-refractivity contribution in [3.63, 3.8) is 0 Å². The minimum absolute atomic E-state index is 0.470. The maximum absolute atomic E-state index is 11.9. The van der Waals surface area contributed by atoms with Crippen LogP contribution in [0.4, 0.5) is 5.69 Å². The molecule has 2 aromatic carbocycles. The van der Waals surface area contributed by atoms with Crippen molar-refractivity contribution in [3.05, 3.63) is 65.7 Å². The second-order valence-electron chi connectivity index (χ2n) is 5.41. The third kappa shape index (κ3) is 2.97. The molecule has 0 aliphatic rings. The Kier molecular flexibility index (Phi) is 4.83. The van der Waals surface area contributed by atoms with E-state index in [1.54, 1.807) is 36.4 Å². The third-order valence-corrected chi connectivity index (χ3v) is 3.83. The molecule has 3 N–H and O–H groups in total. The number of nitrogens with two attached hydrogens (primary N) is 1. The Bertz CT molecular complexity index is 625. The summed E-state index contributed by atoms with van der Waals surface area (Å²) in [5, 5.41) is 10.9. The van der Waals surface area contributed by atoms with Crippen molar-refractivity contribution >= 4 is 11.6 Å². The van der Waals surface area contributed by atoms with Crippen molar-refractivity contribution in [2.45, 2.75) is 18.9 Å². The molecule has 1 atom stereocenters. The van der Waals surface area contributed by atoms with Crippen molar-refractivity contribution in [2.75, 3.05) is 18.5 Å². The van der Waals surface area contributed by atoms with Gasteiger partial charge < -0.3 is 15.7 Å². The molecule has 0 heterocycles. The van der Waals surface area contributed by atoms with Crippen LogP contribution in [0.2, 0.25) is 0 Å². The van der Waals surface area contributed by atoms with E-state index in [0.29, 0.717) is 11.1 Å². The van der Waals surface area contributed by atoms with Crippen molar-refractivity contribution in [2.24, 2.45) is 5.73 Å². The summed E-state index contributed by atoms with van der Waals surface area (Å²) in [6.07, 6.45) is 1.05. The van der Waals surface area contributed by atoms with Gasteiger partial charge in [0.1, 0.15) is 0 Å². The average molecular weight is 298 g/mol. The number of amides is 1. The fourth-order valence-electron chi connectivity index (χ4n) is 2.55. The first-order chi connectivity index (χ1) is 10.5. The van der Waals surface area contributed by atoms with Gasteiger partial charge in [0.05, 0.1) is 0 Å². The lowest BCUT2D eigenvalue weighted by Crippen LogP contribution is -2.42. The van der Waals surface area contributed by atoms with Crippen molar-refractivity contribution < 1.29 is 9.90 Å². The fourth-order valence-corrected chi connectivity index (χ4v) is 2.55. The molecular formula is C18H22N2O2. The highest BCUT2D eigenvalue weighted by atomic mass is 16.3. The van der Waals surface area contributed by atoms with Gasteiger partial charge in [-0.1, -0.05) is 49.4 Å². The van der Waals surface area contributed by atoms with E-state index >= 15 is 0 Å². The Morgan fingerprint density at radius 3 is 2.14 bits per heavy atom. The van der Waals surface area contributed by atoms with Crippen LogP contribution >= 0.6 is 0 Å². The summed E-state index contributed by atoms with van der Waals surface area (Å²) in [5.74, 6) is -0.784. The Morgan fingerprint density at radius 2 is 1.64 bits per heavy atom. The van der Waals surface area contributed by atoms with E-state index in [0.717, 1.165) is 18.7 Å². The molecule has 0 saturated heterocycles. The van der Waals surface area contributed by atoms with Gasteiger partial charge in [-0.05, 0) is 29.7 Å². The first-order valence-corrected chi connectivity index (χ1v) is 7.39. The summed E-state index contributed by atoms with van der Waals surface area (Å²) < 4.78 is 0. The first kappa shape index (κ1) is 16.0. The number of carbonyl (C=O) groups is 1. The third-order valence-electron chi connectivity index (χ3n) is 3.83. The lowest BCUT2D eigenvalue weighted by Gasteiger charge is -2.26. The summed E-state index contributed by atoms with van der Waals surface area (Å²) in [5.41, 5.74) is 5.64. The maximum atomic E-state index is 11.9. The summed E-state index contributed by atoms with van der Waals surface area (Å²) in [6, 6.07) is 16.0. The zero-order valence-electron chi connectivity index (χ0n) is 13.0. The number of hydrogen-bond donors (Lipinski definition) is 2. The minimum Gasteiger partial charge on any atom is -0.375 e. The van der Waals surface area contributed by atoms with Crippen LogP contribution in [-0.4, -0.2) is 24.6 Å².